The number of amides is 2. The minimum atomic E-state index is -1.18. The highest BCUT2D eigenvalue weighted by Crippen LogP contribution is 2.29. The van der Waals surface area contributed by atoms with Crippen molar-refractivity contribution >= 4 is 12.0 Å². The van der Waals surface area contributed by atoms with Crippen molar-refractivity contribution in [2.75, 3.05) is 13.1 Å². The maximum absolute atomic E-state index is 12.2. The summed E-state index contributed by atoms with van der Waals surface area (Å²) in [6.07, 6.45) is 1.88. The van der Waals surface area contributed by atoms with E-state index in [0.29, 0.717) is 6.54 Å². The van der Waals surface area contributed by atoms with Gasteiger partial charge in [0.25, 0.3) is 0 Å². The number of nitrogens with zero attached hydrogens (tertiary/aromatic N) is 3. The molecule has 2 aliphatic rings. The molecule has 0 aromatic heterocycles. The standard InChI is InChI=1S/C14H24N2O4.CHN/c1-13(2,3)19-11(17)14(4,5)20-16-10-7-6-8-15(9-10)12(16)18;1-2/h10H,6-9H2,1-5H3;1H. The van der Waals surface area contributed by atoms with E-state index in [2.05, 4.69) is 6.57 Å². The van der Waals surface area contributed by atoms with Gasteiger partial charge in [0.2, 0.25) is 0 Å². The van der Waals surface area contributed by atoms with Gasteiger partial charge >= 0.3 is 12.0 Å². The zero-order valence-corrected chi connectivity index (χ0v) is 14.0. The number of ether oxygens (including phenoxy) is 1. The molecule has 2 saturated heterocycles. The Balaban J connectivity index is 0.00000116. The molecular weight excluding hydrogens is 286 g/mol. The van der Waals surface area contributed by atoms with E-state index < -0.39 is 17.2 Å². The molecule has 2 rings (SSSR count). The van der Waals surface area contributed by atoms with E-state index in [4.69, 9.17) is 14.8 Å². The van der Waals surface area contributed by atoms with Crippen LogP contribution in [-0.2, 0) is 14.4 Å². The third-order valence-electron chi connectivity index (χ3n) is 3.40. The van der Waals surface area contributed by atoms with Crippen LogP contribution in [0.1, 0.15) is 47.5 Å². The molecular formula is C15H25N3O4. The molecule has 1 atom stereocenters. The first kappa shape index (κ1) is 18.2. The van der Waals surface area contributed by atoms with Gasteiger partial charge in [0.05, 0.1) is 6.04 Å². The van der Waals surface area contributed by atoms with Crippen LogP contribution >= 0.6 is 0 Å². The molecule has 0 N–H and O–H groups in total. The Kier molecular flexibility index (Phi) is 5.41. The van der Waals surface area contributed by atoms with E-state index in [1.165, 1.54) is 5.06 Å². The Morgan fingerprint density at radius 1 is 1.27 bits per heavy atom. The van der Waals surface area contributed by atoms with Gasteiger partial charge in [-0.15, -0.1) is 0 Å². The van der Waals surface area contributed by atoms with E-state index in [1.54, 1.807) is 39.5 Å². The second kappa shape index (κ2) is 6.53. The summed E-state index contributed by atoms with van der Waals surface area (Å²) in [6, 6.07) is -0.109. The third-order valence-corrected chi connectivity index (χ3v) is 3.40. The molecule has 2 aliphatic heterocycles. The molecule has 2 heterocycles. The average molecular weight is 311 g/mol. The number of rotatable bonds is 3. The predicted octanol–water partition coefficient (Wildman–Crippen LogP) is 2.08. The summed E-state index contributed by atoms with van der Waals surface area (Å²) in [7, 11) is 0. The second-order valence-corrected chi connectivity index (χ2v) is 6.95. The van der Waals surface area contributed by atoms with Gasteiger partial charge in [-0.05, 0) is 47.5 Å². The first-order chi connectivity index (χ1) is 10.1. The normalized spacial score (nSPS) is 21.2. The van der Waals surface area contributed by atoms with E-state index in [9.17, 15) is 9.59 Å². The fourth-order valence-electron chi connectivity index (χ4n) is 2.41. The van der Waals surface area contributed by atoms with Gasteiger partial charge in [0.1, 0.15) is 5.60 Å². The molecule has 0 saturated carbocycles. The number of carbonyl (C=O) groups is 2. The van der Waals surface area contributed by atoms with Crippen molar-refractivity contribution in [3.8, 4) is 6.57 Å². The molecule has 0 radical (unpaired) electrons. The number of hydrogen-bond acceptors (Lipinski definition) is 5. The van der Waals surface area contributed by atoms with Crippen LogP contribution in [-0.4, -0.2) is 52.3 Å². The van der Waals surface area contributed by atoms with Crippen LogP contribution in [0.15, 0.2) is 0 Å². The number of esters is 1. The first-order valence-electron chi connectivity index (χ1n) is 7.37. The largest absolute Gasteiger partial charge is 0.458 e. The van der Waals surface area contributed by atoms with Crippen molar-refractivity contribution in [1.29, 1.82) is 5.26 Å². The van der Waals surface area contributed by atoms with E-state index >= 15 is 0 Å². The van der Waals surface area contributed by atoms with Gasteiger partial charge in [-0.2, -0.15) is 5.06 Å². The summed E-state index contributed by atoms with van der Waals surface area (Å²) in [5.74, 6) is -0.464. The number of fused-ring (bicyclic) bond motifs is 2. The second-order valence-electron chi connectivity index (χ2n) is 6.95. The van der Waals surface area contributed by atoms with Crippen molar-refractivity contribution in [2.45, 2.75) is 64.7 Å². The van der Waals surface area contributed by atoms with Crippen molar-refractivity contribution < 1.29 is 19.2 Å². The highest BCUT2D eigenvalue weighted by Gasteiger charge is 2.46. The summed E-state index contributed by atoms with van der Waals surface area (Å²) >= 11 is 0. The van der Waals surface area contributed by atoms with Crippen molar-refractivity contribution in [1.82, 2.24) is 9.96 Å². The summed E-state index contributed by atoms with van der Waals surface area (Å²) < 4.78 is 5.34. The lowest BCUT2D eigenvalue weighted by Gasteiger charge is -2.32. The quantitative estimate of drug-likeness (QED) is 0.745. The van der Waals surface area contributed by atoms with Gasteiger partial charge in [-0.1, -0.05) is 0 Å². The molecule has 7 nitrogen and oxygen atoms in total. The summed E-state index contributed by atoms with van der Waals surface area (Å²) in [5.41, 5.74) is -1.76. The number of nitriles is 1. The van der Waals surface area contributed by atoms with Gasteiger partial charge < -0.3 is 9.64 Å². The Bertz CT molecular complexity index is 453. The Morgan fingerprint density at radius 2 is 1.86 bits per heavy atom. The Hall–Kier alpha value is -1.81. The fraction of sp³-hybridized carbons (Fsp3) is 0.800. The highest BCUT2D eigenvalue weighted by molar-refractivity contribution is 5.80. The van der Waals surface area contributed by atoms with Crippen molar-refractivity contribution in [2.24, 2.45) is 0 Å². The van der Waals surface area contributed by atoms with Crippen LogP contribution in [0, 0.1) is 11.8 Å². The van der Waals surface area contributed by atoms with Gasteiger partial charge in [-0.25, -0.2) is 14.9 Å². The molecule has 2 bridgehead atoms. The van der Waals surface area contributed by atoms with Gasteiger partial charge in [0, 0.05) is 19.7 Å². The number of carbonyl (C=O) groups excluding carboxylic acids is 2. The Labute approximate surface area is 131 Å². The molecule has 0 aromatic rings. The van der Waals surface area contributed by atoms with Gasteiger partial charge in [0.15, 0.2) is 5.60 Å². The maximum Gasteiger partial charge on any atom is 0.344 e. The topological polar surface area (TPSA) is 82.9 Å². The van der Waals surface area contributed by atoms with Crippen LogP contribution in [0.3, 0.4) is 0 Å². The van der Waals surface area contributed by atoms with Gasteiger partial charge in [-0.3, -0.25) is 4.84 Å². The number of urea groups is 1. The Morgan fingerprint density at radius 3 is 2.36 bits per heavy atom. The fourth-order valence-corrected chi connectivity index (χ4v) is 2.41. The van der Waals surface area contributed by atoms with E-state index in [-0.39, 0.29) is 12.1 Å². The molecule has 22 heavy (non-hydrogen) atoms. The first-order valence-corrected chi connectivity index (χ1v) is 7.37. The third kappa shape index (κ3) is 4.10. The molecule has 2 fully saturated rings. The van der Waals surface area contributed by atoms with E-state index in [1.807, 2.05) is 0 Å². The molecule has 0 aliphatic carbocycles. The lowest BCUT2D eigenvalue weighted by molar-refractivity contribution is -0.231. The molecule has 0 spiro atoms. The highest BCUT2D eigenvalue weighted by atomic mass is 16.7. The number of piperidine rings is 1. The van der Waals surface area contributed by atoms with Crippen molar-refractivity contribution in [3.05, 3.63) is 0 Å². The van der Waals surface area contributed by atoms with Crippen molar-refractivity contribution in [3.63, 3.8) is 0 Å². The summed E-state index contributed by atoms with van der Waals surface area (Å²) in [6.45, 7) is 13.6. The maximum atomic E-state index is 12.2. The van der Waals surface area contributed by atoms with Crippen LogP contribution < -0.4 is 0 Å². The predicted molar refractivity (Wildman–Crippen MR) is 79.5 cm³/mol. The lowest BCUT2D eigenvalue weighted by Crippen LogP contribution is -2.48. The molecule has 1 unspecified atom stereocenters. The summed E-state index contributed by atoms with van der Waals surface area (Å²) in [5, 5.41) is 7.86. The minimum absolute atomic E-state index is 0.0398. The van der Waals surface area contributed by atoms with Crippen LogP contribution in [0.4, 0.5) is 4.79 Å². The minimum Gasteiger partial charge on any atom is -0.458 e. The summed E-state index contributed by atoms with van der Waals surface area (Å²) in [4.78, 5) is 31.8. The number of hydroxylamine groups is 2. The smallest absolute Gasteiger partial charge is 0.344 e. The number of hydrogen-bond donors (Lipinski definition) is 0. The van der Waals surface area contributed by atoms with Crippen LogP contribution in [0.5, 0.6) is 0 Å². The van der Waals surface area contributed by atoms with Crippen LogP contribution in [0.25, 0.3) is 0 Å². The zero-order valence-electron chi connectivity index (χ0n) is 14.0. The van der Waals surface area contributed by atoms with E-state index in [0.717, 1.165) is 19.4 Å². The SMILES string of the molecule is C#N.CC(C)(C)OC(=O)C(C)(C)ON1C(=O)N2CCCC1C2. The van der Waals surface area contributed by atoms with Crippen LogP contribution in [0.2, 0.25) is 0 Å². The molecule has 124 valence electrons. The lowest BCUT2D eigenvalue weighted by atomic mass is 10.1. The molecule has 7 heteroatoms. The zero-order chi connectivity index (χ0) is 17.1. The molecule has 0 aromatic carbocycles. The monoisotopic (exact) mass is 311 g/mol. The molecule has 2 amide bonds. The average Bonchev–Trinajstić information content (AvgIpc) is 2.63.